The number of nitrogens with zero attached hydrogens (tertiary/aromatic N) is 4. The minimum absolute atomic E-state index is 0.0456. The fourth-order valence-electron chi connectivity index (χ4n) is 6.79. The maximum Gasteiger partial charge on any atom is 0.333 e. The molecule has 0 N–H and O–H groups in total. The van der Waals surface area contributed by atoms with Crippen LogP contribution in [0.4, 0.5) is 0 Å². The maximum atomic E-state index is 15.2. The molecule has 5 aromatic heterocycles. The third kappa shape index (κ3) is 7.05. The van der Waals surface area contributed by atoms with Gasteiger partial charge in [-0.1, -0.05) is 60.7 Å². The Labute approximate surface area is 363 Å². The summed E-state index contributed by atoms with van der Waals surface area (Å²) in [5.74, 6) is -0.542. The van der Waals surface area contributed by atoms with Crippen molar-refractivity contribution in [1.29, 1.82) is 21.0 Å². The highest BCUT2D eigenvalue weighted by molar-refractivity contribution is 7.34. The van der Waals surface area contributed by atoms with Crippen molar-refractivity contribution in [3.63, 3.8) is 0 Å². The monoisotopic (exact) mass is 878 g/mol. The van der Waals surface area contributed by atoms with Gasteiger partial charge in [-0.05, 0) is 47.5 Å². The summed E-state index contributed by atoms with van der Waals surface area (Å²) in [5.41, 5.74) is 0.208. The number of carbonyl (C=O) groups excluding carboxylic acids is 2. The highest BCUT2D eigenvalue weighted by Crippen LogP contribution is 2.63. The van der Waals surface area contributed by atoms with Gasteiger partial charge in [0.2, 0.25) is 5.41 Å². The number of fused-ring (bicyclic) bond motifs is 5. The number of carbonyl (C=O) groups is 2. The number of thiophene rings is 5. The molecule has 0 radical (unpaired) electrons. The summed E-state index contributed by atoms with van der Waals surface area (Å²) < 4.78 is 25.3. The van der Waals surface area contributed by atoms with Crippen LogP contribution in [0, 0.1) is 45.3 Å². The molecule has 0 fully saturated rings. The quantitative estimate of drug-likeness (QED) is 0.0655. The minimum atomic E-state index is -2.05. The summed E-state index contributed by atoms with van der Waals surface area (Å²) in [6.07, 6.45) is 2.99. The average Bonchev–Trinajstić information content (AvgIpc) is 4.14. The van der Waals surface area contributed by atoms with Gasteiger partial charge in [-0.3, -0.25) is 9.59 Å². The Balaban J connectivity index is 1.34. The molecule has 8 rings (SSSR count). The van der Waals surface area contributed by atoms with E-state index in [1.54, 1.807) is 19.2 Å². The number of rotatable bonds is 12. The molecule has 0 atom stereocenters. The van der Waals surface area contributed by atoms with Crippen LogP contribution in [0.1, 0.15) is 32.0 Å². The van der Waals surface area contributed by atoms with Crippen molar-refractivity contribution >= 4 is 90.2 Å². The predicted octanol–water partition coefficient (Wildman–Crippen LogP) is 11.1. The summed E-state index contributed by atoms with van der Waals surface area (Å²) in [5, 5.41) is 37.6. The van der Waals surface area contributed by atoms with Gasteiger partial charge in [0.15, 0.2) is 0 Å². The lowest BCUT2D eigenvalue weighted by atomic mass is 9.79. The van der Waals surface area contributed by atoms with Gasteiger partial charge in [0.05, 0.1) is 43.3 Å². The lowest BCUT2D eigenvalue weighted by molar-refractivity contribution is -0.164. The average molecular weight is 879 g/mol. The number of benzene rings is 2. The van der Waals surface area contributed by atoms with Crippen molar-refractivity contribution in [2.45, 2.75) is 18.6 Å². The molecule has 1 aliphatic carbocycles. The highest BCUT2D eigenvalue weighted by Gasteiger charge is 2.61. The second-order valence-electron chi connectivity index (χ2n) is 13.0. The van der Waals surface area contributed by atoms with Gasteiger partial charge in [0, 0.05) is 30.5 Å². The topological polar surface area (TPSA) is 166 Å². The maximum absolute atomic E-state index is 15.2. The number of nitriles is 4. The Morgan fingerprint density at radius 2 is 1.08 bits per heavy atom. The first-order valence-corrected chi connectivity index (χ1v) is 21.9. The molecular formula is C45H26N4O6S5. The van der Waals surface area contributed by atoms with Crippen LogP contribution < -0.4 is 9.47 Å². The number of allylic oxidation sites excluding steroid dienone is 2. The van der Waals surface area contributed by atoms with E-state index in [2.05, 4.69) is 0 Å². The molecule has 15 heteroatoms. The zero-order valence-corrected chi connectivity index (χ0v) is 35.5. The van der Waals surface area contributed by atoms with Crippen molar-refractivity contribution in [3.8, 4) is 65.0 Å². The molecule has 292 valence electrons. The van der Waals surface area contributed by atoms with Gasteiger partial charge < -0.3 is 18.9 Å². The molecule has 5 heterocycles. The number of methoxy groups -OCH3 is 2. The molecule has 60 heavy (non-hydrogen) atoms. The Hall–Kier alpha value is -6.82. The van der Waals surface area contributed by atoms with Gasteiger partial charge in [0.25, 0.3) is 0 Å². The van der Waals surface area contributed by atoms with E-state index in [1.807, 2.05) is 97.1 Å². The van der Waals surface area contributed by atoms with Crippen LogP contribution in [0.25, 0.3) is 50.8 Å². The molecule has 0 aliphatic heterocycles. The third-order valence-corrected chi connectivity index (χ3v) is 15.7. The van der Waals surface area contributed by atoms with Crippen molar-refractivity contribution in [3.05, 3.63) is 128 Å². The summed E-state index contributed by atoms with van der Waals surface area (Å²) >= 11 is 6.91. The Morgan fingerprint density at radius 3 is 1.55 bits per heavy atom. The van der Waals surface area contributed by atoms with Crippen molar-refractivity contribution < 1.29 is 28.5 Å². The standard InChI is InChI=1S/C45H26N4O6S5/c1-52-32-15-29(13-27(19-46)20-47)56-39(32)34-17-31-38(58-34)42-37(41-36(60-42)18-35(59-41)40-33(53-2)16-30(57-40)14-28(21-48)22-49)45(31,43(50)54-23-25-9-5-3-6-10-25)44(51)55-24-26-11-7-4-8-12-26/h3-18H,23-24H2,1-2H3. The largest absolute Gasteiger partial charge is 0.495 e. The van der Waals surface area contributed by atoms with Crippen LogP contribution in [-0.2, 0) is 37.7 Å². The number of esters is 2. The van der Waals surface area contributed by atoms with Gasteiger partial charge in [0.1, 0.15) is 60.1 Å². The zero-order valence-electron chi connectivity index (χ0n) is 31.4. The summed E-state index contributed by atoms with van der Waals surface area (Å²) in [6.45, 7) is -0.189. The summed E-state index contributed by atoms with van der Waals surface area (Å²) in [7, 11) is 3.07. The number of ether oxygens (including phenoxy) is 4. The normalized spacial score (nSPS) is 11.8. The van der Waals surface area contributed by atoms with E-state index >= 15 is 9.59 Å². The summed E-state index contributed by atoms with van der Waals surface area (Å²) in [6, 6.07) is 33.3. The van der Waals surface area contributed by atoms with E-state index in [-0.39, 0.29) is 24.4 Å². The SMILES string of the molecule is COc1cc(C=C(C#N)C#N)sc1-c1cc2c(s1)-c1sc3cc(-c4sc(C=C(C#N)C#N)cc4OC)sc3c1C2(C(=O)OCc1ccccc1)C(=O)OCc1ccccc1. The molecule has 10 nitrogen and oxygen atoms in total. The van der Waals surface area contributed by atoms with Crippen LogP contribution >= 0.6 is 56.7 Å². The van der Waals surface area contributed by atoms with E-state index in [0.717, 1.165) is 30.5 Å². The number of hydrogen-bond donors (Lipinski definition) is 0. The lowest BCUT2D eigenvalue weighted by Gasteiger charge is -2.26. The Bertz CT molecular complexity index is 2980. The molecule has 2 aromatic carbocycles. The van der Waals surface area contributed by atoms with E-state index in [4.69, 9.17) is 18.9 Å². The van der Waals surface area contributed by atoms with Gasteiger partial charge in [-0.15, -0.1) is 56.7 Å². The molecular weight excluding hydrogens is 853 g/mol. The minimum Gasteiger partial charge on any atom is -0.495 e. The van der Waals surface area contributed by atoms with Gasteiger partial charge >= 0.3 is 11.9 Å². The van der Waals surface area contributed by atoms with Gasteiger partial charge in [-0.2, -0.15) is 21.0 Å². The van der Waals surface area contributed by atoms with Crippen LogP contribution in [0.2, 0.25) is 0 Å². The van der Waals surface area contributed by atoms with Gasteiger partial charge in [-0.25, -0.2) is 0 Å². The summed E-state index contributed by atoms with van der Waals surface area (Å²) in [4.78, 5) is 36.0. The van der Waals surface area contributed by atoms with Crippen molar-refractivity contribution in [2.75, 3.05) is 14.2 Å². The van der Waals surface area contributed by atoms with Crippen LogP contribution in [0.5, 0.6) is 11.5 Å². The molecule has 0 unspecified atom stereocenters. The third-order valence-electron chi connectivity index (χ3n) is 9.50. The molecule has 0 saturated heterocycles. The first-order chi connectivity index (χ1) is 29.2. The molecule has 0 bridgehead atoms. The van der Waals surface area contributed by atoms with Crippen molar-refractivity contribution in [1.82, 2.24) is 0 Å². The Kier molecular flexibility index (Phi) is 11.2. The molecule has 0 spiro atoms. The molecule has 7 aromatic rings. The van der Waals surface area contributed by atoms with E-state index in [1.165, 1.54) is 75.9 Å². The zero-order chi connectivity index (χ0) is 42.0. The van der Waals surface area contributed by atoms with Crippen molar-refractivity contribution in [2.24, 2.45) is 0 Å². The van der Waals surface area contributed by atoms with E-state index in [0.29, 0.717) is 51.7 Å². The second-order valence-corrected chi connectivity index (χ2v) is 18.3. The fraction of sp³-hybridized carbons (Fsp3) is 0.111. The fourth-order valence-corrected chi connectivity index (χ4v) is 13.3. The number of hydrogen-bond acceptors (Lipinski definition) is 15. The second kappa shape index (κ2) is 16.8. The van der Waals surface area contributed by atoms with E-state index < -0.39 is 17.4 Å². The smallest absolute Gasteiger partial charge is 0.333 e. The molecule has 1 aliphatic rings. The molecule has 0 amide bonds. The first-order valence-electron chi connectivity index (χ1n) is 17.8. The van der Waals surface area contributed by atoms with E-state index in [9.17, 15) is 21.0 Å². The van der Waals surface area contributed by atoms with Crippen LogP contribution in [-0.4, -0.2) is 26.2 Å². The first kappa shape index (κ1) is 40.0. The lowest BCUT2D eigenvalue weighted by Crippen LogP contribution is -2.45. The Morgan fingerprint density at radius 1 is 0.600 bits per heavy atom. The highest BCUT2D eigenvalue weighted by atomic mass is 32.1. The van der Waals surface area contributed by atoms with Crippen LogP contribution in [0.15, 0.2) is 96.1 Å². The molecule has 0 saturated carbocycles. The predicted molar refractivity (Wildman–Crippen MR) is 234 cm³/mol. The van der Waals surface area contributed by atoms with Crippen LogP contribution in [0.3, 0.4) is 0 Å².